The molecular formula is C19H19F3N6O2. The van der Waals surface area contributed by atoms with Gasteiger partial charge in [0, 0.05) is 11.6 Å². The monoisotopic (exact) mass is 423 g/mol. The molecule has 158 valence electrons. The first-order valence-electron chi connectivity index (χ1n) is 10.4. The number of rotatable bonds is 5. The lowest BCUT2D eigenvalue weighted by Crippen LogP contribution is -2.23. The van der Waals surface area contributed by atoms with Crippen LogP contribution in [0.2, 0.25) is 0 Å². The third kappa shape index (κ3) is 3.52. The Hall–Kier alpha value is -3.34. The Kier molecular flexibility index (Phi) is 3.93. The Balaban J connectivity index is 1.71. The molecule has 0 fully saturated rings. The van der Waals surface area contributed by atoms with Gasteiger partial charge in [0.1, 0.15) is 5.82 Å². The van der Waals surface area contributed by atoms with E-state index in [-0.39, 0.29) is 17.0 Å². The van der Waals surface area contributed by atoms with Gasteiger partial charge in [-0.15, -0.1) is 0 Å². The van der Waals surface area contributed by atoms with Gasteiger partial charge in [-0.3, -0.25) is 0 Å². The minimum absolute atomic E-state index is 0.171. The number of nitrogens with zero attached hydrogens (tertiary/aromatic N) is 4. The fraction of sp³-hybridized carbons (Fsp3) is 0.316. The van der Waals surface area contributed by atoms with E-state index in [1.165, 1.54) is 17.6 Å². The molecule has 0 aliphatic carbocycles. The van der Waals surface area contributed by atoms with E-state index in [9.17, 15) is 13.2 Å². The minimum Gasteiger partial charge on any atom is -0.493 e. The van der Waals surface area contributed by atoms with E-state index in [1.807, 2.05) is 0 Å². The van der Waals surface area contributed by atoms with Crippen LogP contribution in [-0.2, 0) is 4.84 Å². The van der Waals surface area contributed by atoms with Gasteiger partial charge in [0.25, 0.3) is 0 Å². The highest BCUT2D eigenvalue weighted by Crippen LogP contribution is 2.31. The second kappa shape index (κ2) is 7.17. The number of methoxy groups -OCH3 is 1. The lowest BCUT2D eigenvalue weighted by atomic mass is 10.1. The summed E-state index contributed by atoms with van der Waals surface area (Å²) < 4.78 is 70.5. The molecule has 2 aromatic heterocycles. The van der Waals surface area contributed by atoms with Crippen molar-refractivity contribution in [2.75, 3.05) is 12.4 Å². The minimum atomic E-state index is -2.98. The molecule has 8 nitrogen and oxygen atoms in total. The van der Waals surface area contributed by atoms with E-state index < -0.39 is 42.0 Å². The zero-order valence-electron chi connectivity index (χ0n) is 19.1. The lowest BCUT2D eigenvalue weighted by Gasteiger charge is -2.19. The molecule has 0 saturated heterocycles. The zero-order chi connectivity index (χ0) is 24.1. The van der Waals surface area contributed by atoms with Crippen molar-refractivity contribution in [2.45, 2.75) is 32.5 Å². The van der Waals surface area contributed by atoms with Gasteiger partial charge in [0.2, 0.25) is 0 Å². The largest absolute Gasteiger partial charge is 0.493 e. The number of hydrogen-bond acceptors (Lipinski definition) is 7. The number of amidine groups is 1. The molecule has 0 amide bonds. The molecule has 11 heteroatoms. The fourth-order valence-corrected chi connectivity index (χ4v) is 3.05. The average molecular weight is 423 g/mol. The maximum Gasteiger partial charge on any atom is 0.183 e. The first-order valence-corrected chi connectivity index (χ1v) is 8.85. The van der Waals surface area contributed by atoms with E-state index >= 15 is 0 Å². The van der Waals surface area contributed by atoms with Gasteiger partial charge >= 0.3 is 0 Å². The number of aliphatic imine (C=N–C) groups is 1. The van der Waals surface area contributed by atoms with Crippen LogP contribution in [0.3, 0.4) is 0 Å². The normalized spacial score (nSPS) is 18.2. The Morgan fingerprint density at radius 1 is 1.30 bits per heavy atom. The predicted octanol–water partition coefficient (Wildman–Crippen LogP) is 3.35. The number of nitrogens with one attached hydrogen (secondary N) is 2. The summed E-state index contributed by atoms with van der Waals surface area (Å²) in [7, 11) is -2.98. The second-order valence-electron chi connectivity index (χ2n) is 7.15. The van der Waals surface area contributed by atoms with Crippen LogP contribution in [-0.4, -0.2) is 33.2 Å². The van der Waals surface area contributed by atoms with Crippen LogP contribution in [0.4, 0.5) is 19.0 Å². The van der Waals surface area contributed by atoms with E-state index in [0.717, 1.165) is 12.3 Å². The van der Waals surface area contributed by atoms with Crippen molar-refractivity contribution >= 4 is 17.3 Å². The second-order valence-corrected chi connectivity index (χ2v) is 7.15. The molecule has 0 bridgehead atoms. The Labute approximate surface area is 173 Å². The van der Waals surface area contributed by atoms with E-state index in [0.29, 0.717) is 17.5 Å². The number of ether oxygens (including phenoxy) is 1. The summed E-state index contributed by atoms with van der Waals surface area (Å²) in [6.07, 6.45) is 2.49. The summed E-state index contributed by atoms with van der Waals surface area (Å²) in [4.78, 5) is 13.9. The average Bonchev–Trinajstić information content (AvgIpc) is 3.25. The standard InChI is InChI=1S/C19H19F3N6O2/c1-9(11-5-10(20)6-13(21)15(11)29-4)24-17-14(22)8-28-18(25-17)12(7-23-28)16-26-19(2,3)30-27-16/h5-9H,1-4H3,(H,24,25)(H,26,27)/t9-/m1/s1/i4D3. The number of benzene rings is 1. The summed E-state index contributed by atoms with van der Waals surface area (Å²) in [6.45, 7) is 4.91. The Bertz CT molecular complexity index is 1260. The zero-order valence-corrected chi connectivity index (χ0v) is 16.1. The van der Waals surface area contributed by atoms with Gasteiger partial charge < -0.3 is 10.1 Å². The third-order valence-electron chi connectivity index (χ3n) is 4.44. The number of halogens is 3. The Morgan fingerprint density at radius 2 is 2.10 bits per heavy atom. The maximum absolute atomic E-state index is 14.7. The van der Waals surface area contributed by atoms with Gasteiger partial charge in [-0.25, -0.2) is 38.0 Å². The van der Waals surface area contributed by atoms with Crippen molar-refractivity contribution in [3.63, 3.8) is 0 Å². The molecule has 1 aliphatic rings. The van der Waals surface area contributed by atoms with Crippen LogP contribution in [0.5, 0.6) is 5.75 Å². The maximum atomic E-state index is 14.7. The number of hydrogen-bond donors (Lipinski definition) is 2. The van der Waals surface area contributed by atoms with Gasteiger partial charge in [-0.05, 0) is 26.8 Å². The van der Waals surface area contributed by atoms with Gasteiger partial charge in [-0.1, -0.05) is 0 Å². The van der Waals surface area contributed by atoms with Crippen molar-refractivity contribution in [3.8, 4) is 5.75 Å². The molecule has 30 heavy (non-hydrogen) atoms. The van der Waals surface area contributed by atoms with Crippen molar-refractivity contribution in [1.82, 2.24) is 20.1 Å². The summed E-state index contributed by atoms with van der Waals surface area (Å²) in [6, 6.07) is 0.409. The molecule has 1 aromatic carbocycles. The molecule has 0 radical (unpaired) electrons. The van der Waals surface area contributed by atoms with Crippen LogP contribution in [0.1, 0.15) is 42.1 Å². The molecule has 0 spiro atoms. The van der Waals surface area contributed by atoms with Crippen molar-refractivity contribution < 1.29 is 26.9 Å². The molecule has 3 heterocycles. The molecule has 4 rings (SSSR count). The van der Waals surface area contributed by atoms with Crippen LogP contribution in [0, 0.1) is 17.5 Å². The van der Waals surface area contributed by atoms with Crippen molar-refractivity contribution in [2.24, 2.45) is 4.99 Å². The van der Waals surface area contributed by atoms with E-state index in [2.05, 4.69) is 25.9 Å². The third-order valence-corrected chi connectivity index (χ3v) is 4.44. The first-order chi connectivity index (χ1) is 15.3. The molecule has 3 aromatic rings. The van der Waals surface area contributed by atoms with Gasteiger partial charge in [0.15, 0.2) is 40.4 Å². The van der Waals surface area contributed by atoms with Gasteiger partial charge in [0.05, 0.1) is 35.1 Å². The molecule has 1 atom stereocenters. The molecule has 2 N–H and O–H groups in total. The SMILES string of the molecule is [2H]C([2H])([2H])Oc1c(F)cc(F)cc1[C@@H](C)Nc1nc2c(C3=NC(C)(C)ON3)cnn2cc1F. The van der Waals surface area contributed by atoms with Crippen LogP contribution >= 0.6 is 0 Å². The smallest absolute Gasteiger partial charge is 0.183 e. The van der Waals surface area contributed by atoms with Crippen LogP contribution < -0.4 is 15.5 Å². The van der Waals surface area contributed by atoms with Crippen LogP contribution in [0.15, 0.2) is 29.5 Å². The number of anilines is 1. The predicted molar refractivity (Wildman–Crippen MR) is 103 cm³/mol. The number of fused-ring (bicyclic) bond motifs is 1. The summed E-state index contributed by atoms with van der Waals surface area (Å²) in [5.41, 5.74) is 2.34. The van der Waals surface area contributed by atoms with E-state index in [4.69, 9.17) is 13.7 Å². The Morgan fingerprint density at radius 3 is 2.80 bits per heavy atom. The highest BCUT2D eigenvalue weighted by molar-refractivity contribution is 6.03. The lowest BCUT2D eigenvalue weighted by molar-refractivity contribution is -0.0269. The molecular weight excluding hydrogens is 401 g/mol. The van der Waals surface area contributed by atoms with Crippen LogP contribution in [0.25, 0.3) is 5.65 Å². The van der Waals surface area contributed by atoms with E-state index in [1.54, 1.807) is 13.8 Å². The summed E-state index contributed by atoms with van der Waals surface area (Å²) in [5.74, 6) is -3.56. The highest BCUT2D eigenvalue weighted by atomic mass is 19.1. The highest BCUT2D eigenvalue weighted by Gasteiger charge is 2.29. The van der Waals surface area contributed by atoms with Crippen molar-refractivity contribution in [1.29, 1.82) is 0 Å². The summed E-state index contributed by atoms with van der Waals surface area (Å²) in [5, 5.41) is 6.76. The fourth-order valence-electron chi connectivity index (χ4n) is 3.05. The van der Waals surface area contributed by atoms with Gasteiger partial charge in [-0.2, -0.15) is 5.10 Å². The number of aromatic nitrogens is 3. The molecule has 1 aliphatic heterocycles. The quantitative estimate of drug-likeness (QED) is 0.655. The van der Waals surface area contributed by atoms with Crippen molar-refractivity contribution in [3.05, 3.63) is 53.1 Å². The molecule has 0 saturated carbocycles. The summed E-state index contributed by atoms with van der Waals surface area (Å²) >= 11 is 0. The first kappa shape index (κ1) is 16.5. The topological polar surface area (TPSA) is 85.1 Å². The number of hydroxylamine groups is 1. The molecule has 0 unspecified atom stereocenters.